The van der Waals surface area contributed by atoms with Crippen LogP contribution in [0.15, 0.2) is 42.5 Å². The van der Waals surface area contributed by atoms with Crippen LogP contribution in [0.2, 0.25) is 0 Å². The molecular formula is C15H15FN2O3. The molecule has 0 bridgehead atoms. The van der Waals surface area contributed by atoms with Crippen molar-refractivity contribution in [2.45, 2.75) is 0 Å². The molecule has 0 atom stereocenters. The van der Waals surface area contributed by atoms with Crippen molar-refractivity contribution < 1.29 is 18.7 Å². The fourth-order valence-corrected chi connectivity index (χ4v) is 1.73. The molecule has 5 nitrogen and oxygen atoms in total. The molecule has 2 aromatic rings. The molecule has 0 fully saturated rings. The first-order chi connectivity index (χ1) is 10.1. The van der Waals surface area contributed by atoms with Crippen molar-refractivity contribution in [3.63, 3.8) is 0 Å². The van der Waals surface area contributed by atoms with E-state index < -0.39 is 6.03 Å². The van der Waals surface area contributed by atoms with E-state index in [0.717, 1.165) is 0 Å². The summed E-state index contributed by atoms with van der Waals surface area (Å²) in [7, 11) is 3.04. The lowest BCUT2D eigenvalue weighted by Crippen LogP contribution is -2.19. The van der Waals surface area contributed by atoms with Gasteiger partial charge in [0, 0.05) is 11.8 Å². The first kappa shape index (κ1) is 14.6. The number of hydrogen-bond donors (Lipinski definition) is 2. The molecule has 2 aromatic carbocycles. The van der Waals surface area contributed by atoms with E-state index in [0.29, 0.717) is 22.9 Å². The Labute approximate surface area is 121 Å². The van der Waals surface area contributed by atoms with E-state index in [1.807, 2.05) is 0 Å². The van der Waals surface area contributed by atoms with Gasteiger partial charge in [0.15, 0.2) is 0 Å². The second kappa shape index (κ2) is 6.60. The number of rotatable bonds is 4. The van der Waals surface area contributed by atoms with Crippen LogP contribution in [0.3, 0.4) is 0 Å². The van der Waals surface area contributed by atoms with Crippen LogP contribution >= 0.6 is 0 Å². The number of hydrogen-bond acceptors (Lipinski definition) is 3. The van der Waals surface area contributed by atoms with Crippen molar-refractivity contribution in [2.75, 3.05) is 24.9 Å². The van der Waals surface area contributed by atoms with Crippen molar-refractivity contribution in [3.8, 4) is 11.5 Å². The maximum absolute atomic E-state index is 12.8. The number of amides is 2. The fourth-order valence-electron chi connectivity index (χ4n) is 1.73. The highest BCUT2D eigenvalue weighted by Crippen LogP contribution is 2.28. The molecule has 0 aliphatic heterocycles. The zero-order chi connectivity index (χ0) is 15.2. The van der Waals surface area contributed by atoms with Crippen molar-refractivity contribution in [2.24, 2.45) is 0 Å². The van der Waals surface area contributed by atoms with Gasteiger partial charge < -0.3 is 20.1 Å². The predicted octanol–water partition coefficient (Wildman–Crippen LogP) is 3.49. The molecule has 0 radical (unpaired) electrons. The Morgan fingerprint density at radius 3 is 2.33 bits per heavy atom. The number of anilines is 2. The molecule has 2 N–H and O–H groups in total. The van der Waals surface area contributed by atoms with E-state index in [9.17, 15) is 9.18 Å². The summed E-state index contributed by atoms with van der Waals surface area (Å²) in [5.74, 6) is 0.730. The van der Waals surface area contributed by atoms with Crippen LogP contribution in [0.4, 0.5) is 20.6 Å². The molecule has 0 heterocycles. The summed E-state index contributed by atoms with van der Waals surface area (Å²) >= 11 is 0. The Morgan fingerprint density at radius 1 is 1.00 bits per heavy atom. The van der Waals surface area contributed by atoms with E-state index in [1.165, 1.54) is 38.5 Å². The molecule has 2 amide bonds. The van der Waals surface area contributed by atoms with Gasteiger partial charge in [0.05, 0.1) is 19.9 Å². The minimum atomic E-state index is -0.465. The number of halogens is 1. The summed E-state index contributed by atoms with van der Waals surface area (Å²) in [6.45, 7) is 0. The third-order valence-corrected chi connectivity index (χ3v) is 2.76. The molecule has 0 aromatic heterocycles. The average molecular weight is 290 g/mol. The van der Waals surface area contributed by atoms with Crippen LogP contribution in [0, 0.1) is 5.82 Å². The SMILES string of the molecule is COc1ccc(OC)c(NC(=O)Nc2ccc(F)cc2)c1. The number of methoxy groups -OCH3 is 2. The highest BCUT2D eigenvalue weighted by Gasteiger charge is 2.09. The number of carbonyl (C=O) groups is 1. The first-order valence-electron chi connectivity index (χ1n) is 6.18. The van der Waals surface area contributed by atoms with Gasteiger partial charge in [-0.15, -0.1) is 0 Å². The smallest absolute Gasteiger partial charge is 0.323 e. The lowest BCUT2D eigenvalue weighted by molar-refractivity contribution is 0.262. The molecule has 0 aliphatic carbocycles. The van der Waals surface area contributed by atoms with Gasteiger partial charge in [0.1, 0.15) is 17.3 Å². The zero-order valence-corrected chi connectivity index (χ0v) is 11.6. The summed E-state index contributed by atoms with van der Waals surface area (Å²) in [5, 5.41) is 5.24. The lowest BCUT2D eigenvalue weighted by Gasteiger charge is -2.12. The minimum absolute atomic E-state index is 0.365. The van der Waals surface area contributed by atoms with E-state index in [4.69, 9.17) is 9.47 Å². The van der Waals surface area contributed by atoms with Crippen LogP contribution in [-0.2, 0) is 0 Å². The van der Waals surface area contributed by atoms with Crippen molar-refractivity contribution in [1.82, 2.24) is 0 Å². The van der Waals surface area contributed by atoms with Crippen molar-refractivity contribution in [1.29, 1.82) is 0 Å². The quantitative estimate of drug-likeness (QED) is 0.906. The maximum atomic E-state index is 12.8. The van der Waals surface area contributed by atoms with Gasteiger partial charge in [-0.2, -0.15) is 0 Å². The van der Waals surface area contributed by atoms with Crippen molar-refractivity contribution in [3.05, 3.63) is 48.3 Å². The van der Waals surface area contributed by atoms with Gasteiger partial charge in [-0.3, -0.25) is 0 Å². The third-order valence-electron chi connectivity index (χ3n) is 2.76. The highest BCUT2D eigenvalue weighted by molar-refractivity contribution is 6.00. The number of urea groups is 1. The number of carbonyl (C=O) groups excluding carboxylic acids is 1. The molecule has 21 heavy (non-hydrogen) atoms. The van der Waals surface area contributed by atoms with Gasteiger partial charge in [-0.1, -0.05) is 0 Å². The van der Waals surface area contributed by atoms with E-state index in [-0.39, 0.29) is 5.82 Å². The maximum Gasteiger partial charge on any atom is 0.323 e. The molecule has 0 aliphatic rings. The monoisotopic (exact) mass is 290 g/mol. The number of benzene rings is 2. The highest BCUT2D eigenvalue weighted by atomic mass is 19.1. The third kappa shape index (κ3) is 3.85. The van der Waals surface area contributed by atoms with E-state index in [2.05, 4.69) is 10.6 Å². The fraction of sp³-hybridized carbons (Fsp3) is 0.133. The Bertz CT molecular complexity index is 629. The van der Waals surface area contributed by atoms with Crippen LogP contribution in [0.1, 0.15) is 0 Å². The van der Waals surface area contributed by atoms with Crippen LogP contribution < -0.4 is 20.1 Å². The lowest BCUT2D eigenvalue weighted by atomic mass is 10.2. The molecule has 110 valence electrons. The summed E-state index contributed by atoms with van der Waals surface area (Å²) < 4.78 is 23.1. The summed E-state index contributed by atoms with van der Waals surface area (Å²) in [6, 6.07) is 10.1. The zero-order valence-electron chi connectivity index (χ0n) is 11.6. The van der Waals surface area contributed by atoms with Gasteiger partial charge in [-0.05, 0) is 36.4 Å². The summed E-state index contributed by atoms with van der Waals surface area (Å²) in [6.07, 6.45) is 0. The normalized spacial score (nSPS) is 9.86. The summed E-state index contributed by atoms with van der Waals surface area (Å²) in [4.78, 5) is 11.9. The number of ether oxygens (including phenoxy) is 2. The van der Waals surface area contributed by atoms with Crippen LogP contribution in [-0.4, -0.2) is 20.3 Å². The summed E-state index contributed by atoms with van der Waals surface area (Å²) in [5.41, 5.74) is 0.951. The second-order valence-corrected chi connectivity index (χ2v) is 4.15. The topological polar surface area (TPSA) is 59.6 Å². The van der Waals surface area contributed by atoms with Gasteiger partial charge in [0.25, 0.3) is 0 Å². The first-order valence-corrected chi connectivity index (χ1v) is 6.18. The predicted molar refractivity (Wildman–Crippen MR) is 78.6 cm³/mol. The van der Waals surface area contributed by atoms with E-state index in [1.54, 1.807) is 18.2 Å². The van der Waals surface area contributed by atoms with Gasteiger partial charge >= 0.3 is 6.03 Å². The largest absolute Gasteiger partial charge is 0.497 e. The Kier molecular flexibility index (Phi) is 4.61. The molecule has 2 rings (SSSR count). The standard InChI is InChI=1S/C15H15FN2O3/c1-20-12-7-8-14(21-2)13(9-12)18-15(19)17-11-5-3-10(16)4-6-11/h3-9H,1-2H3,(H2,17,18,19). The Balaban J connectivity index is 2.09. The number of nitrogens with one attached hydrogen (secondary N) is 2. The van der Waals surface area contributed by atoms with Crippen molar-refractivity contribution >= 4 is 17.4 Å². The van der Waals surface area contributed by atoms with Gasteiger partial charge in [-0.25, -0.2) is 9.18 Å². The molecule has 0 saturated heterocycles. The molecular weight excluding hydrogens is 275 g/mol. The second-order valence-electron chi connectivity index (χ2n) is 4.15. The van der Waals surface area contributed by atoms with Crippen LogP contribution in [0.5, 0.6) is 11.5 Å². The Hall–Kier alpha value is -2.76. The van der Waals surface area contributed by atoms with Gasteiger partial charge in [0.2, 0.25) is 0 Å². The molecule has 0 unspecified atom stereocenters. The molecule has 6 heteroatoms. The minimum Gasteiger partial charge on any atom is -0.497 e. The molecule has 0 saturated carbocycles. The average Bonchev–Trinajstić information content (AvgIpc) is 2.49. The Morgan fingerprint density at radius 2 is 1.71 bits per heavy atom. The van der Waals surface area contributed by atoms with Crippen LogP contribution in [0.25, 0.3) is 0 Å². The molecule has 0 spiro atoms. The van der Waals surface area contributed by atoms with E-state index >= 15 is 0 Å².